The number of hydrogen-bond donors (Lipinski definition) is 1. The number of carbonyl (C=O) groups is 1. The minimum absolute atomic E-state index is 0.0828. The molecule has 1 N–H and O–H groups in total. The standard InChI is InChI=1S/C23H32ClNO2/c1-23-11-10-19-18-9-7-17(27-2)13-15(18)6-8-20(19)22(23)16(14-21(23)26)5-3-4-12-25-24/h7,9,13,16,19-20,22,25H,3-6,8,10-12,14H2,1-2H3/t16-,19-,20-,22+,23-/m1/s1. The smallest absolute Gasteiger partial charge is 0.139 e. The molecule has 4 heteroatoms. The van der Waals surface area contributed by atoms with Gasteiger partial charge in [-0.15, -0.1) is 0 Å². The molecule has 1 aromatic rings. The zero-order valence-corrected chi connectivity index (χ0v) is 17.4. The van der Waals surface area contributed by atoms with Gasteiger partial charge < -0.3 is 4.74 Å². The lowest BCUT2D eigenvalue weighted by Gasteiger charge is -2.50. The summed E-state index contributed by atoms with van der Waals surface area (Å²) in [6, 6.07) is 6.65. The van der Waals surface area contributed by atoms with Crippen molar-refractivity contribution in [3.63, 3.8) is 0 Å². The van der Waals surface area contributed by atoms with Crippen molar-refractivity contribution in [3.8, 4) is 5.75 Å². The van der Waals surface area contributed by atoms with Crippen LogP contribution in [0.25, 0.3) is 0 Å². The lowest BCUT2D eigenvalue weighted by molar-refractivity contribution is -0.129. The first-order valence-corrected chi connectivity index (χ1v) is 11.0. The van der Waals surface area contributed by atoms with Crippen molar-refractivity contribution in [2.45, 2.75) is 64.2 Å². The van der Waals surface area contributed by atoms with Gasteiger partial charge in [0.15, 0.2) is 0 Å². The number of carbonyl (C=O) groups excluding carboxylic acids is 1. The summed E-state index contributed by atoms with van der Waals surface area (Å²) in [5, 5.41) is 0. The zero-order chi connectivity index (χ0) is 19.0. The summed E-state index contributed by atoms with van der Waals surface area (Å²) >= 11 is 5.60. The predicted octanol–water partition coefficient (Wildman–Crippen LogP) is 5.26. The Bertz CT molecular complexity index is 706. The van der Waals surface area contributed by atoms with E-state index in [0.717, 1.165) is 50.8 Å². The maximum Gasteiger partial charge on any atom is 0.139 e. The normalized spacial score (nSPS) is 34.7. The van der Waals surface area contributed by atoms with Crippen LogP contribution >= 0.6 is 11.8 Å². The fourth-order valence-corrected chi connectivity index (χ4v) is 6.74. The van der Waals surface area contributed by atoms with E-state index in [1.54, 1.807) is 7.11 Å². The van der Waals surface area contributed by atoms with Crippen LogP contribution in [0.1, 0.15) is 68.9 Å². The van der Waals surface area contributed by atoms with Crippen molar-refractivity contribution in [3.05, 3.63) is 29.3 Å². The Kier molecular flexibility index (Phi) is 5.53. The van der Waals surface area contributed by atoms with Crippen LogP contribution in [-0.2, 0) is 11.2 Å². The van der Waals surface area contributed by atoms with Crippen LogP contribution in [0.2, 0.25) is 0 Å². The Morgan fingerprint density at radius 1 is 1.30 bits per heavy atom. The van der Waals surface area contributed by atoms with Gasteiger partial charge in [-0.3, -0.25) is 4.79 Å². The second-order valence-electron chi connectivity index (χ2n) is 9.12. The molecule has 0 saturated heterocycles. The van der Waals surface area contributed by atoms with E-state index in [1.807, 2.05) is 0 Å². The number of Topliss-reactive ketones (excluding diaryl/α,β-unsaturated/α-hetero) is 1. The van der Waals surface area contributed by atoms with Gasteiger partial charge in [0, 0.05) is 18.4 Å². The maximum atomic E-state index is 13.0. The second kappa shape index (κ2) is 7.75. The van der Waals surface area contributed by atoms with Gasteiger partial charge in [-0.1, -0.05) is 19.4 Å². The minimum atomic E-state index is -0.0828. The van der Waals surface area contributed by atoms with E-state index in [4.69, 9.17) is 16.5 Å². The number of fused-ring (bicyclic) bond motifs is 5. The largest absolute Gasteiger partial charge is 0.497 e. The van der Waals surface area contributed by atoms with Crippen LogP contribution in [0, 0.1) is 23.2 Å². The van der Waals surface area contributed by atoms with Crippen LogP contribution in [0.3, 0.4) is 0 Å². The minimum Gasteiger partial charge on any atom is -0.497 e. The molecule has 0 amide bonds. The average molecular weight is 390 g/mol. The number of aryl methyl sites for hydroxylation is 1. The Labute approximate surface area is 168 Å². The highest BCUT2D eigenvalue weighted by atomic mass is 35.5. The van der Waals surface area contributed by atoms with Crippen molar-refractivity contribution in [2.75, 3.05) is 13.7 Å². The molecule has 3 aliphatic carbocycles. The molecule has 0 aromatic heterocycles. The number of ketones is 1. The summed E-state index contributed by atoms with van der Waals surface area (Å²) < 4.78 is 5.44. The third-order valence-corrected chi connectivity index (χ3v) is 8.06. The van der Waals surface area contributed by atoms with Crippen LogP contribution < -0.4 is 9.57 Å². The number of rotatable bonds is 6. The Hall–Kier alpha value is -1.06. The molecular formula is C23H32ClNO2. The summed E-state index contributed by atoms with van der Waals surface area (Å²) in [5.74, 6) is 3.90. The first-order chi connectivity index (χ1) is 13.1. The van der Waals surface area contributed by atoms with Gasteiger partial charge in [-0.25, -0.2) is 4.84 Å². The Morgan fingerprint density at radius 2 is 2.15 bits per heavy atom. The number of hydrogen-bond acceptors (Lipinski definition) is 3. The number of nitrogens with one attached hydrogen (secondary N) is 1. The highest BCUT2D eigenvalue weighted by Gasteiger charge is 2.58. The van der Waals surface area contributed by atoms with Crippen LogP contribution in [0.15, 0.2) is 18.2 Å². The maximum absolute atomic E-state index is 13.0. The molecule has 0 radical (unpaired) electrons. The molecule has 0 unspecified atom stereocenters. The lowest BCUT2D eigenvalue weighted by Crippen LogP contribution is -2.44. The van der Waals surface area contributed by atoms with Crippen molar-refractivity contribution >= 4 is 17.6 Å². The molecule has 2 saturated carbocycles. The summed E-state index contributed by atoms with van der Waals surface area (Å²) in [6.45, 7) is 3.13. The van der Waals surface area contributed by atoms with Gasteiger partial charge in [0.25, 0.3) is 0 Å². The fraction of sp³-hybridized carbons (Fsp3) is 0.696. The zero-order valence-electron chi connectivity index (χ0n) is 16.6. The monoisotopic (exact) mass is 389 g/mol. The van der Waals surface area contributed by atoms with E-state index < -0.39 is 0 Å². The van der Waals surface area contributed by atoms with Crippen LogP contribution in [0.4, 0.5) is 0 Å². The first kappa shape index (κ1) is 19.3. The van der Waals surface area contributed by atoms with E-state index in [9.17, 15) is 4.79 Å². The highest BCUT2D eigenvalue weighted by molar-refractivity contribution is 6.13. The predicted molar refractivity (Wildman–Crippen MR) is 109 cm³/mol. The first-order valence-electron chi connectivity index (χ1n) is 10.6. The topological polar surface area (TPSA) is 38.3 Å². The molecular weight excluding hydrogens is 358 g/mol. The SMILES string of the molecule is COc1ccc2c(c1)CC[C@H]1[C@@H]3[C@H](CCCCNCl)CC(=O)[C@@]3(C)CC[C@H]21. The van der Waals surface area contributed by atoms with Gasteiger partial charge in [0.2, 0.25) is 0 Å². The van der Waals surface area contributed by atoms with E-state index in [1.165, 1.54) is 24.0 Å². The molecule has 0 heterocycles. The quantitative estimate of drug-likeness (QED) is 0.532. The molecule has 5 atom stereocenters. The Balaban J connectivity index is 1.58. The fourth-order valence-electron chi connectivity index (χ4n) is 6.61. The van der Waals surface area contributed by atoms with E-state index in [-0.39, 0.29) is 5.41 Å². The molecule has 3 aliphatic rings. The summed E-state index contributed by atoms with van der Waals surface area (Å²) in [5.41, 5.74) is 2.91. The van der Waals surface area contributed by atoms with Gasteiger partial charge in [0.05, 0.1) is 7.11 Å². The van der Waals surface area contributed by atoms with Crippen LogP contribution in [-0.4, -0.2) is 19.4 Å². The third kappa shape index (κ3) is 3.31. The van der Waals surface area contributed by atoms with Crippen LogP contribution in [0.5, 0.6) is 5.75 Å². The van der Waals surface area contributed by atoms with Gasteiger partial charge >= 0.3 is 0 Å². The molecule has 148 valence electrons. The molecule has 0 spiro atoms. The van der Waals surface area contributed by atoms with Crippen molar-refractivity contribution in [2.24, 2.45) is 23.2 Å². The van der Waals surface area contributed by atoms with E-state index >= 15 is 0 Å². The number of methoxy groups -OCH3 is 1. The lowest BCUT2D eigenvalue weighted by atomic mass is 9.54. The van der Waals surface area contributed by atoms with E-state index in [2.05, 4.69) is 30.0 Å². The van der Waals surface area contributed by atoms with E-state index in [0.29, 0.717) is 29.5 Å². The summed E-state index contributed by atoms with van der Waals surface area (Å²) in [6.07, 6.45) is 8.78. The van der Waals surface area contributed by atoms with Gasteiger partial charge in [0.1, 0.15) is 11.5 Å². The van der Waals surface area contributed by atoms with Gasteiger partial charge in [-0.2, -0.15) is 0 Å². The Morgan fingerprint density at radius 3 is 2.93 bits per heavy atom. The molecule has 2 fully saturated rings. The number of halogens is 1. The average Bonchev–Trinajstić information content (AvgIpc) is 2.95. The second-order valence-corrected chi connectivity index (χ2v) is 9.39. The number of benzene rings is 1. The molecule has 0 aliphatic heterocycles. The number of unbranched alkanes of at least 4 members (excludes halogenated alkanes) is 1. The highest BCUT2D eigenvalue weighted by Crippen LogP contribution is 2.62. The molecule has 1 aromatic carbocycles. The van der Waals surface area contributed by atoms with Crippen molar-refractivity contribution in [1.82, 2.24) is 4.84 Å². The third-order valence-electron chi connectivity index (χ3n) is 7.87. The summed E-state index contributed by atoms with van der Waals surface area (Å²) in [7, 11) is 1.74. The molecule has 0 bridgehead atoms. The van der Waals surface area contributed by atoms with Crippen molar-refractivity contribution in [1.29, 1.82) is 0 Å². The molecule has 3 nitrogen and oxygen atoms in total. The summed E-state index contributed by atoms with van der Waals surface area (Å²) in [4.78, 5) is 15.7. The molecule has 4 rings (SSSR count). The number of ether oxygens (including phenoxy) is 1. The molecule has 27 heavy (non-hydrogen) atoms. The van der Waals surface area contributed by atoms with Crippen molar-refractivity contribution < 1.29 is 9.53 Å². The van der Waals surface area contributed by atoms with Gasteiger partial charge in [-0.05, 0) is 97.2 Å².